The first-order valence-electron chi connectivity index (χ1n) is 7.41. The van der Waals surface area contributed by atoms with E-state index >= 15 is 0 Å². The summed E-state index contributed by atoms with van der Waals surface area (Å²) in [6, 6.07) is 0. The molecule has 1 fully saturated rings. The van der Waals surface area contributed by atoms with E-state index in [2.05, 4.69) is 14.1 Å². The fourth-order valence-electron chi connectivity index (χ4n) is 1.72. The average Bonchev–Trinajstić information content (AvgIpc) is 2.41. The molecule has 0 amide bonds. The topological polar surface area (TPSA) is 46.2 Å². The molecule has 1 aliphatic rings. The van der Waals surface area contributed by atoms with E-state index < -0.39 is 0 Å². The number of rotatable bonds is 0. The maximum atomic E-state index is 5.57. The summed E-state index contributed by atoms with van der Waals surface area (Å²) in [7, 11) is 4.38. The average molecular weight is 292 g/mol. The molecular formula is C14H30NO5+. The molecule has 0 aliphatic carbocycles. The Morgan fingerprint density at radius 1 is 0.450 bits per heavy atom. The standard InChI is InChI=1S/C14H30NO5/c1-15(2)3-5-16-7-9-18-11-13-20-14-12-19-10-8-17-6-4-15/h3-14H2,1-2H3/q+1. The lowest BCUT2D eigenvalue weighted by molar-refractivity contribution is -0.891. The summed E-state index contributed by atoms with van der Waals surface area (Å²) in [6.07, 6.45) is 0. The van der Waals surface area contributed by atoms with Crippen LogP contribution >= 0.6 is 0 Å². The number of ether oxygens (including phenoxy) is 5. The first-order valence-corrected chi connectivity index (χ1v) is 7.41. The molecule has 0 unspecified atom stereocenters. The van der Waals surface area contributed by atoms with Crippen molar-refractivity contribution < 1.29 is 28.2 Å². The summed E-state index contributed by atoms with van der Waals surface area (Å²) in [6.45, 7) is 8.37. The Bertz CT molecular complexity index is 206. The third-order valence-corrected chi connectivity index (χ3v) is 3.17. The van der Waals surface area contributed by atoms with Crippen LogP contribution in [-0.2, 0) is 23.7 Å². The molecule has 6 nitrogen and oxygen atoms in total. The van der Waals surface area contributed by atoms with E-state index in [1.54, 1.807) is 0 Å². The number of hydrogen-bond acceptors (Lipinski definition) is 5. The third kappa shape index (κ3) is 10.5. The van der Waals surface area contributed by atoms with Crippen molar-refractivity contribution in [3.63, 3.8) is 0 Å². The molecule has 0 bridgehead atoms. The summed E-state index contributed by atoms with van der Waals surface area (Å²) < 4.78 is 28.2. The van der Waals surface area contributed by atoms with Crippen molar-refractivity contribution in [2.75, 3.05) is 93.3 Å². The van der Waals surface area contributed by atoms with Gasteiger partial charge in [-0.1, -0.05) is 0 Å². The van der Waals surface area contributed by atoms with Gasteiger partial charge in [0.2, 0.25) is 0 Å². The summed E-state index contributed by atoms with van der Waals surface area (Å²) in [5, 5.41) is 0. The van der Waals surface area contributed by atoms with Crippen molar-refractivity contribution >= 4 is 0 Å². The highest BCUT2D eigenvalue weighted by Crippen LogP contribution is 1.97. The van der Waals surface area contributed by atoms with Crippen molar-refractivity contribution in [2.24, 2.45) is 0 Å². The lowest BCUT2D eigenvalue weighted by atomic mass is 10.4. The van der Waals surface area contributed by atoms with Crippen LogP contribution in [0.15, 0.2) is 0 Å². The van der Waals surface area contributed by atoms with Crippen LogP contribution < -0.4 is 0 Å². The zero-order valence-electron chi connectivity index (χ0n) is 13.0. The summed E-state index contributed by atoms with van der Waals surface area (Å²) in [5.74, 6) is 0. The highest BCUT2D eigenvalue weighted by atomic mass is 16.6. The van der Waals surface area contributed by atoms with Crippen LogP contribution in [0.5, 0.6) is 0 Å². The van der Waals surface area contributed by atoms with Crippen LogP contribution in [0.3, 0.4) is 0 Å². The van der Waals surface area contributed by atoms with Gasteiger partial charge in [-0.05, 0) is 0 Å². The van der Waals surface area contributed by atoms with Gasteiger partial charge in [-0.25, -0.2) is 0 Å². The van der Waals surface area contributed by atoms with Crippen LogP contribution in [0.25, 0.3) is 0 Å². The molecule has 1 aliphatic heterocycles. The van der Waals surface area contributed by atoms with Crippen LogP contribution in [0.4, 0.5) is 0 Å². The van der Waals surface area contributed by atoms with Crippen molar-refractivity contribution in [3.05, 3.63) is 0 Å². The number of likely N-dealkylation sites (N-methyl/N-ethyl adjacent to an activating group) is 1. The zero-order chi connectivity index (χ0) is 14.5. The minimum Gasteiger partial charge on any atom is -0.377 e. The second kappa shape index (κ2) is 11.4. The SMILES string of the molecule is C[N+]1(C)CCOCCOCCOCCOCCOCC1. The molecule has 20 heavy (non-hydrogen) atoms. The Morgan fingerprint density at radius 3 is 1.00 bits per heavy atom. The van der Waals surface area contributed by atoms with Gasteiger partial charge in [0.15, 0.2) is 0 Å². The molecule has 0 spiro atoms. The molecule has 0 aromatic heterocycles. The predicted molar refractivity (Wildman–Crippen MR) is 75.9 cm³/mol. The maximum Gasteiger partial charge on any atom is 0.102 e. The smallest absolute Gasteiger partial charge is 0.102 e. The highest BCUT2D eigenvalue weighted by Gasteiger charge is 2.14. The minimum atomic E-state index is 0.601. The highest BCUT2D eigenvalue weighted by molar-refractivity contribution is 4.39. The van der Waals surface area contributed by atoms with Crippen LogP contribution in [0.2, 0.25) is 0 Å². The predicted octanol–water partition coefficient (Wildman–Crippen LogP) is 0.159. The third-order valence-electron chi connectivity index (χ3n) is 3.17. The Hall–Kier alpha value is -0.240. The Morgan fingerprint density at radius 2 is 0.700 bits per heavy atom. The summed E-state index contributed by atoms with van der Waals surface area (Å²) in [4.78, 5) is 0. The quantitative estimate of drug-likeness (QED) is 0.595. The van der Waals surface area contributed by atoms with Crippen molar-refractivity contribution in [1.82, 2.24) is 0 Å². The Labute approximate surface area is 122 Å². The molecule has 0 radical (unpaired) electrons. The van der Waals surface area contributed by atoms with E-state index in [1.165, 1.54) is 0 Å². The molecule has 120 valence electrons. The van der Waals surface area contributed by atoms with Crippen molar-refractivity contribution in [2.45, 2.75) is 0 Å². The van der Waals surface area contributed by atoms with Gasteiger partial charge in [-0.15, -0.1) is 0 Å². The first-order chi connectivity index (χ1) is 9.71. The summed E-state index contributed by atoms with van der Waals surface area (Å²) in [5.41, 5.74) is 0. The molecule has 1 rings (SSSR count). The van der Waals surface area contributed by atoms with E-state index in [4.69, 9.17) is 23.7 Å². The zero-order valence-corrected chi connectivity index (χ0v) is 13.0. The van der Waals surface area contributed by atoms with Crippen molar-refractivity contribution in [1.29, 1.82) is 0 Å². The van der Waals surface area contributed by atoms with Gasteiger partial charge >= 0.3 is 0 Å². The largest absolute Gasteiger partial charge is 0.377 e. The monoisotopic (exact) mass is 292 g/mol. The molecule has 1 saturated heterocycles. The van der Waals surface area contributed by atoms with Gasteiger partial charge in [0, 0.05) is 0 Å². The summed E-state index contributed by atoms with van der Waals surface area (Å²) >= 11 is 0. The van der Waals surface area contributed by atoms with Gasteiger partial charge < -0.3 is 28.2 Å². The number of quaternary nitrogens is 1. The fourth-order valence-corrected chi connectivity index (χ4v) is 1.72. The second-order valence-corrected chi connectivity index (χ2v) is 5.44. The van der Waals surface area contributed by atoms with E-state index in [1.807, 2.05) is 0 Å². The van der Waals surface area contributed by atoms with E-state index in [-0.39, 0.29) is 0 Å². The van der Waals surface area contributed by atoms with Crippen LogP contribution in [-0.4, -0.2) is 97.7 Å². The minimum absolute atomic E-state index is 0.601. The molecule has 6 heteroatoms. The lowest BCUT2D eigenvalue weighted by Crippen LogP contribution is -2.44. The molecule has 0 saturated carbocycles. The van der Waals surface area contributed by atoms with Gasteiger partial charge in [0.1, 0.15) is 13.1 Å². The van der Waals surface area contributed by atoms with Crippen molar-refractivity contribution in [3.8, 4) is 0 Å². The Kier molecular flexibility index (Phi) is 10.2. The van der Waals surface area contributed by atoms with Gasteiger partial charge in [-0.3, -0.25) is 0 Å². The van der Waals surface area contributed by atoms with Gasteiger partial charge in [0.05, 0.1) is 80.2 Å². The van der Waals surface area contributed by atoms with E-state index in [9.17, 15) is 0 Å². The van der Waals surface area contributed by atoms with Gasteiger partial charge in [-0.2, -0.15) is 0 Å². The lowest BCUT2D eigenvalue weighted by Gasteiger charge is -2.29. The van der Waals surface area contributed by atoms with Crippen LogP contribution in [0, 0.1) is 0 Å². The number of nitrogens with zero attached hydrogens (tertiary/aromatic N) is 1. The molecule has 0 aromatic rings. The first kappa shape index (κ1) is 17.8. The van der Waals surface area contributed by atoms with Gasteiger partial charge in [0.25, 0.3) is 0 Å². The fraction of sp³-hybridized carbons (Fsp3) is 1.00. The molecular weight excluding hydrogens is 262 g/mol. The second-order valence-electron chi connectivity index (χ2n) is 5.44. The normalized spacial score (nSPS) is 25.5. The molecule has 0 aromatic carbocycles. The van der Waals surface area contributed by atoms with E-state index in [0.717, 1.165) is 30.8 Å². The molecule has 0 N–H and O–H groups in total. The van der Waals surface area contributed by atoms with E-state index in [0.29, 0.717) is 52.9 Å². The maximum absolute atomic E-state index is 5.57. The number of hydrogen-bond donors (Lipinski definition) is 0. The molecule has 1 heterocycles. The Balaban J connectivity index is 2.18. The van der Waals surface area contributed by atoms with Crippen LogP contribution in [0.1, 0.15) is 0 Å². The molecule has 0 atom stereocenters.